The fourth-order valence-electron chi connectivity index (χ4n) is 2.78. The Bertz CT molecular complexity index is 783. The fourth-order valence-corrected chi connectivity index (χ4v) is 2.78. The Hall–Kier alpha value is -2.95. The SMILES string of the molecule is CCOC(=O)CCCCCC(=O)Oc1ccccc1C(=O)Cc1ccccc1. The van der Waals surface area contributed by atoms with E-state index in [0.29, 0.717) is 37.2 Å². The Balaban J connectivity index is 1.82. The van der Waals surface area contributed by atoms with Crippen molar-refractivity contribution in [2.45, 2.75) is 45.4 Å². The third-order valence-electron chi connectivity index (χ3n) is 4.19. The zero-order valence-electron chi connectivity index (χ0n) is 16.2. The number of benzene rings is 2. The van der Waals surface area contributed by atoms with Crippen LogP contribution in [0.1, 0.15) is 54.9 Å². The van der Waals surface area contributed by atoms with Crippen molar-refractivity contribution in [1.29, 1.82) is 0 Å². The topological polar surface area (TPSA) is 69.7 Å². The lowest BCUT2D eigenvalue weighted by Gasteiger charge is -2.09. The summed E-state index contributed by atoms with van der Waals surface area (Å²) in [5, 5.41) is 0. The van der Waals surface area contributed by atoms with Crippen LogP contribution in [0.4, 0.5) is 0 Å². The molecule has 5 nitrogen and oxygen atoms in total. The van der Waals surface area contributed by atoms with Crippen LogP contribution in [0.3, 0.4) is 0 Å². The van der Waals surface area contributed by atoms with Gasteiger partial charge in [-0.15, -0.1) is 0 Å². The zero-order valence-corrected chi connectivity index (χ0v) is 16.2. The molecular formula is C23H26O5. The van der Waals surface area contributed by atoms with Crippen molar-refractivity contribution in [3.8, 4) is 5.75 Å². The van der Waals surface area contributed by atoms with Gasteiger partial charge in [0.25, 0.3) is 0 Å². The van der Waals surface area contributed by atoms with Gasteiger partial charge in [-0.2, -0.15) is 0 Å². The number of ether oxygens (including phenoxy) is 2. The maximum Gasteiger partial charge on any atom is 0.311 e. The number of hydrogen-bond acceptors (Lipinski definition) is 5. The summed E-state index contributed by atoms with van der Waals surface area (Å²) in [6.07, 6.45) is 2.89. The van der Waals surface area contributed by atoms with Gasteiger partial charge in [-0.3, -0.25) is 14.4 Å². The number of unbranched alkanes of at least 4 members (excludes halogenated alkanes) is 2. The average molecular weight is 382 g/mol. The second-order valence-electron chi connectivity index (χ2n) is 6.42. The molecule has 0 fully saturated rings. The van der Waals surface area contributed by atoms with Crippen LogP contribution in [0.2, 0.25) is 0 Å². The molecule has 0 atom stereocenters. The predicted octanol–water partition coefficient (Wildman–Crippen LogP) is 4.53. The summed E-state index contributed by atoms with van der Waals surface area (Å²) < 4.78 is 10.3. The summed E-state index contributed by atoms with van der Waals surface area (Å²) in [6, 6.07) is 16.3. The van der Waals surface area contributed by atoms with Gasteiger partial charge in [0.2, 0.25) is 0 Å². The average Bonchev–Trinajstić information content (AvgIpc) is 2.69. The molecule has 0 aliphatic rings. The first-order chi connectivity index (χ1) is 13.6. The van der Waals surface area contributed by atoms with Gasteiger partial charge in [0, 0.05) is 19.3 Å². The molecule has 0 N–H and O–H groups in total. The van der Waals surface area contributed by atoms with E-state index in [-0.39, 0.29) is 30.6 Å². The van der Waals surface area contributed by atoms with Gasteiger partial charge in [0.15, 0.2) is 5.78 Å². The summed E-state index contributed by atoms with van der Waals surface area (Å²) in [5.41, 5.74) is 1.32. The van der Waals surface area contributed by atoms with Crippen LogP contribution in [0.15, 0.2) is 54.6 Å². The number of para-hydroxylation sites is 1. The molecule has 0 saturated carbocycles. The quantitative estimate of drug-likeness (QED) is 0.247. The maximum atomic E-state index is 12.6. The molecule has 2 aromatic carbocycles. The summed E-state index contributed by atoms with van der Waals surface area (Å²) >= 11 is 0. The Labute approximate surface area is 165 Å². The molecule has 0 heterocycles. The number of ketones is 1. The van der Waals surface area contributed by atoms with Crippen LogP contribution >= 0.6 is 0 Å². The van der Waals surface area contributed by atoms with E-state index in [2.05, 4.69) is 0 Å². The van der Waals surface area contributed by atoms with Gasteiger partial charge in [-0.25, -0.2) is 0 Å². The van der Waals surface area contributed by atoms with Crippen molar-refractivity contribution >= 4 is 17.7 Å². The van der Waals surface area contributed by atoms with E-state index in [9.17, 15) is 14.4 Å². The van der Waals surface area contributed by atoms with Crippen LogP contribution < -0.4 is 4.74 Å². The highest BCUT2D eigenvalue weighted by Gasteiger charge is 2.15. The fraction of sp³-hybridized carbons (Fsp3) is 0.348. The highest BCUT2D eigenvalue weighted by Crippen LogP contribution is 2.21. The Morgan fingerprint density at radius 2 is 1.43 bits per heavy atom. The lowest BCUT2D eigenvalue weighted by molar-refractivity contribution is -0.143. The molecule has 0 amide bonds. The molecule has 0 aliphatic carbocycles. The van der Waals surface area contributed by atoms with Crippen LogP contribution in [-0.4, -0.2) is 24.3 Å². The van der Waals surface area contributed by atoms with E-state index in [1.54, 1.807) is 31.2 Å². The Morgan fingerprint density at radius 1 is 0.786 bits per heavy atom. The van der Waals surface area contributed by atoms with Crippen molar-refractivity contribution in [1.82, 2.24) is 0 Å². The van der Waals surface area contributed by atoms with Crippen LogP contribution in [0, 0.1) is 0 Å². The Morgan fingerprint density at radius 3 is 2.14 bits per heavy atom. The molecule has 148 valence electrons. The van der Waals surface area contributed by atoms with Crippen molar-refractivity contribution < 1.29 is 23.9 Å². The van der Waals surface area contributed by atoms with Gasteiger partial charge in [0.1, 0.15) is 5.75 Å². The molecule has 0 spiro atoms. The number of esters is 2. The highest BCUT2D eigenvalue weighted by atomic mass is 16.5. The van der Waals surface area contributed by atoms with E-state index in [0.717, 1.165) is 12.0 Å². The molecule has 0 radical (unpaired) electrons. The molecule has 2 aromatic rings. The molecule has 28 heavy (non-hydrogen) atoms. The second kappa shape index (κ2) is 11.7. The molecule has 2 rings (SSSR count). The second-order valence-corrected chi connectivity index (χ2v) is 6.42. The van der Waals surface area contributed by atoms with Crippen LogP contribution in [0.25, 0.3) is 0 Å². The van der Waals surface area contributed by atoms with Crippen molar-refractivity contribution in [2.24, 2.45) is 0 Å². The Kier molecular flexibility index (Phi) is 8.92. The smallest absolute Gasteiger partial charge is 0.311 e. The van der Waals surface area contributed by atoms with Gasteiger partial charge < -0.3 is 9.47 Å². The minimum atomic E-state index is -0.379. The molecule has 0 bridgehead atoms. The summed E-state index contributed by atoms with van der Waals surface area (Å²) in [4.78, 5) is 36.0. The van der Waals surface area contributed by atoms with Gasteiger partial charge in [-0.1, -0.05) is 48.9 Å². The number of hydrogen-bond donors (Lipinski definition) is 0. The maximum absolute atomic E-state index is 12.6. The highest BCUT2D eigenvalue weighted by molar-refractivity contribution is 6.00. The largest absolute Gasteiger partial charge is 0.466 e. The van der Waals surface area contributed by atoms with Crippen molar-refractivity contribution in [3.63, 3.8) is 0 Å². The first-order valence-corrected chi connectivity index (χ1v) is 9.62. The molecule has 5 heteroatoms. The summed E-state index contributed by atoms with van der Waals surface area (Å²) in [6.45, 7) is 2.16. The number of rotatable bonds is 11. The third kappa shape index (κ3) is 7.35. The normalized spacial score (nSPS) is 10.3. The van der Waals surface area contributed by atoms with Crippen molar-refractivity contribution in [3.05, 3.63) is 65.7 Å². The van der Waals surface area contributed by atoms with E-state index in [1.807, 2.05) is 30.3 Å². The monoisotopic (exact) mass is 382 g/mol. The molecule has 0 unspecified atom stereocenters. The minimum Gasteiger partial charge on any atom is -0.466 e. The summed E-state index contributed by atoms with van der Waals surface area (Å²) in [7, 11) is 0. The van der Waals surface area contributed by atoms with E-state index in [4.69, 9.17) is 9.47 Å². The molecular weight excluding hydrogens is 356 g/mol. The van der Waals surface area contributed by atoms with Crippen molar-refractivity contribution in [2.75, 3.05) is 6.61 Å². The van der Waals surface area contributed by atoms with E-state index >= 15 is 0 Å². The first kappa shape index (κ1) is 21.4. The van der Waals surface area contributed by atoms with E-state index < -0.39 is 0 Å². The van der Waals surface area contributed by atoms with Gasteiger partial charge in [0.05, 0.1) is 12.2 Å². The number of carbonyl (C=O) groups is 3. The molecule has 0 saturated heterocycles. The first-order valence-electron chi connectivity index (χ1n) is 9.62. The third-order valence-corrected chi connectivity index (χ3v) is 4.19. The van der Waals surface area contributed by atoms with Crippen LogP contribution in [0.5, 0.6) is 5.75 Å². The number of carbonyl (C=O) groups excluding carboxylic acids is 3. The van der Waals surface area contributed by atoms with Crippen LogP contribution in [-0.2, 0) is 20.7 Å². The predicted molar refractivity (Wildman–Crippen MR) is 106 cm³/mol. The minimum absolute atomic E-state index is 0.0935. The molecule has 0 aliphatic heterocycles. The summed E-state index contributed by atoms with van der Waals surface area (Å²) in [5.74, 6) is -0.393. The molecule has 0 aromatic heterocycles. The standard InChI is InChI=1S/C23H26O5/c1-2-27-22(25)15-7-4-8-16-23(26)28-21-14-10-9-13-19(21)20(24)17-18-11-5-3-6-12-18/h3,5-6,9-14H,2,4,7-8,15-17H2,1H3. The van der Waals surface area contributed by atoms with E-state index in [1.165, 1.54) is 0 Å². The van der Waals surface area contributed by atoms with Gasteiger partial charge >= 0.3 is 11.9 Å². The lowest BCUT2D eigenvalue weighted by Crippen LogP contribution is -2.12. The number of Topliss-reactive ketones (excluding diaryl/α,β-unsaturated/α-hetero) is 1. The lowest BCUT2D eigenvalue weighted by atomic mass is 10.0. The zero-order chi connectivity index (χ0) is 20.2. The van der Waals surface area contributed by atoms with Gasteiger partial charge in [-0.05, 0) is 37.5 Å².